The molecule has 7 heteroatoms. The van der Waals surface area contributed by atoms with Crippen molar-refractivity contribution in [2.24, 2.45) is 0 Å². The third-order valence-electron chi connectivity index (χ3n) is 2.52. The van der Waals surface area contributed by atoms with Crippen LogP contribution in [0.4, 0.5) is 0 Å². The summed E-state index contributed by atoms with van der Waals surface area (Å²) in [4.78, 5) is 18.7. The largest absolute Gasteiger partial charge is 0.396 e. The highest BCUT2D eigenvalue weighted by Crippen LogP contribution is 2.13. The molecule has 0 atom stereocenters. The first-order chi connectivity index (χ1) is 8.60. The monoisotopic (exact) mass is 268 g/mol. The first kappa shape index (κ1) is 13.1. The number of aryl methyl sites for hydroxylation is 1. The SMILES string of the molecule is Cc1cc(=O)n2nc(CN(C)CCCO)sc2n1. The number of aliphatic hydroxyl groups is 1. The van der Waals surface area contributed by atoms with E-state index in [0.29, 0.717) is 17.2 Å². The van der Waals surface area contributed by atoms with Crippen molar-refractivity contribution in [1.82, 2.24) is 19.5 Å². The van der Waals surface area contributed by atoms with Gasteiger partial charge >= 0.3 is 0 Å². The molecule has 18 heavy (non-hydrogen) atoms. The second-order valence-electron chi connectivity index (χ2n) is 4.24. The molecule has 0 amide bonds. The lowest BCUT2D eigenvalue weighted by atomic mass is 10.4. The Kier molecular flexibility index (Phi) is 4.05. The second-order valence-corrected chi connectivity index (χ2v) is 5.28. The van der Waals surface area contributed by atoms with Crippen LogP contribution in [0.15, 0.2) is 10.9 Å². The molecule has 0 bridgehead atoms. The van der Waals surface area contributed by atoms with Crippen molar-refractivity contribution >= 4 is 16.3 Å². The summed E-state index contributed by atoms with van der Waals surface area (Å²) in [5.41, 5.74) is 0.571. The number of aliphatic hydroxyl groups excluding tert-OH is 1. The molecule has 1 N–H and O–H groups in total. The fraction of sp³-hybridized carbons (Fsp3) is 0.545. The van der Waals surface area contributed by atoms with E-state index in [9.17, 15) is 4.79 Å². The Morgan fingerprint density at radius 1 is 1.56 bits per heavy atom. The Morgan fingerprint density at radius 3 is 3.06 bits per heavy atom. The highest BCUT2D eigenvalue weighted by Gasteiger charge is 2.09. The molecular formula is C11H16N4O2S. The maximum atomic E-state index is 11.7. The molecule has 0 aliphatic rings. The van der Waals surface area contributed by atoms with Gasteiger partial charge in [0, 0.05) is 24.9 Å². The molecule has 2 heterocycles. The zero-order valence-corrected chi connectivity index (χ0v) is 11.3. The summed E-state index contributed by atoms with van der Waals surface area (Å²) in [6.07, 6.45) is 0.735. The molecule has 0 saturated carbocycles. The van der Waals surface area contributed by atoms with E-state index in [4.69, 9.17) is 5.11 Å². The summed E-state index contributed by atoms with van der Waals surface area (Å²) in [5.74, 6) is 0. The van der Waals surface area contributed by atoms with Crippen LogP contribution in [-0.4, -0.2) is 44.8 Å². The normalized spacial score (nSPS) is 11.6. The molecule has 0 fully saturated rings. The number of nitrogens with zero attached hydrogens (tertiary/aromatic N) is 4. The molecule has 0 radical (unpaired) electrons. The lowest BCUT2D eigenvalue weighted by Gasteiger charge is -2.12. The lowest BCUT2D eigenvalue weighted by Crippen LogP contribution is -2.20. The maximum absolute atomic E-state index is 11.7. The molecule has 98 valence electrons. The van der Waals surface area contributed by atoms with Gasteiger partial charge < -0.3 is 5.11 Å². The van der Waals surface area contributed by atoms with E-state index < -0.39 is 0 Å². The molecule has 0 aliphatic carbocycles. The van der Waals surface area contributed by atoms with Crippen LogP contribution in [0.5, 0.6) is 0 Å². The Hall–Kier alpha value is -1.31. The van der Waals surface area contributed by atoms with Crippen LogP contribution in [0.3, 0.4) is 0 Å². The fourth-order valence-electron chi connectivity index (χ4n) is 1.67. The van der Waals surface area contributed by atoms with Crippen LogP contribution in [0.1, 0.15) is 17.1 Å². The van der Waals surface area contributed by atoms with Gasteiger partial charge in [0.25, 0.3) is 5.56 Å². The van der Waals surface area contributed by atoms with Crippen LogP contribution in [0.25, 0.3) is 4.96 Å². The molecule has 0 saturated heterocycles. The summed E-state index contributed by atoms with van der Waals surface area (Å²) in [6.45, 7) is 3.44. The number of fused-ring (bicyclic) bond motifs is 1. The average molecular weight is 268 g/mol. The maximum Gasteiger partial charge on any atom is 0.275 e. The Balaban J connectivity index is 2.20. The summed E-state index contributed by atoms with van der Waals surface area (Å²) in [7, 11) is 1.96. The third-order valence-corrected chi connectivity index (χ3v) is 3.41. The quantitative estimate of drug-likeness (QED) is 0.843. The van der Waals surface area contributed by atoms with E-state index in [2.05, 4.69) is 15.0 Å². The van der Waals surface area contributed by atoms with Crippen molar-refractivity contribution < 1.29 is 5.11 Å². The van der Waals surface area contributed by atoms with Gasteiger partial charge in [-0.3, -0.25) is 9.69 Å². The van der Waals surface area contributed by atoms with Gasteiger partial charge in [-0.05, 0) is 20.4 Å². The Labute approximate surface area is 109 Å². The van der Waals surface area contributed by atoms with Crippen molar-refractivity contribution in [2.75, 3.05) is 20.2 Å². The van der Waals surface area contributed by atoms with Gasteiger partial charge in [-0.1, -0.05) is 11.3 Å². The number of aromatic nitrogens is 3. The van der Waals surface area contributed by atoms with E-state index in [-0.39, 0.29) is 12.2 Å². The minimum absolute atomic E-state index is 0.141. The first-order valence-corrected chi connectivity index (χ1v) is 6.57. The third kappa shape index (κ3) is 2.92. The topological polar surface area (TPSA) is 70.7 Å². The number of rotatable bonds is 5. The molecule has 2 rings (SSSR count). The molecule has 6 nitrogen and oxygen atoms in total. The van der Waals surface area contributed by atoms with Crippen LogP contribution >= 0.6 is 11.3 Å². The molecule has 0 unspecified atom stereocenters. The standard InChI is InChI=1S/C11H16N4O2S/c1-8-6-10(17)15-11(12-8)18-9(13-15)7-14(2)4-3-5-16/h6,16H,3-5,7H2,1-2H3. The minimum Gasteiger partial charge on any atom is -0.396 e. The van der Waals surface area contributed by atoms with Crippen molar-refractivity contribution in [2.45, 2.75) is 19.9 Å². The van der Waals surface area contributed by atoms with E-state index in [0.717, 1.165) is 18.0 Å². The van der Waals surface area contributed by atoms with Crippen molar-refractivity contribution in [3.05, 3.63) is 27.1 Å². The molecular weight excluding hydrogens is 252 g/mol. The van der Waals surface area contributed by atoms with Crippen LogP contribution < -0.4 is 5.56 Å². The van der Waals surface area contributed by atoms with E-state index in [1.807, 2.05) is 7.05 Å². The van der Waals surface area contributed by atoms with Gasteiger partial charge in [0.05, 0.1) is 6.54 Å². The zero-order chi connectivity index (χ0) is 13.1. The predicted octanol–water partition coefficient (Wildman–Crippen LogP) is 0.274. The van der Waals surface area contributed by atoms with Gasteiger partial charge in [0.2, 0.25) is 4.96 Å². The van der Waals surface area contributed by atoms with Gasteiger partial charge in [-0.25, -0.2) is 4.98 Å². The number of hydrogen-bond acceptors (Lipinski definition) is 6. The Morgan fingerprint density at radius 2 is 2.33 bits per heavy atom. The highest BCUT2D eigenvalue weighted by atomic mass is 32.1. The van der Waals surface area contributed by atoms with Gasteiger partial charge in [-0.15, -0.1) is 0 Å². The lowest BCUT2D eigenvalue weighted by molar-refractivity contribution is 0.244. The van der Waals surface area contributed by atoms with Gasteiger partial charge in [0.1, 0.15) is 5.01 Å². The molecule has 0 aromatic carbocycles. The molecule has 0 aliphatic heterocycles. The van der Waals surface area contributed by atoms with Gasteiger partial charge in [-0.2, -0.15) is 9.61 Å². The summed E-state index contributed by atoms with van der Waals surface area (Å²) < 4.78 is 1.34. The van der Waals surface area contributed by atoms with Crippen molar-refractivity contribution in [3.8, 4) is 0 Å². The van der Waals surface area contributed by atoms with Crippen molar-refractivity contribution in [3.63, 3.8) is 0 Å². The number of hydrogen-bond donors (Lipinski definition) is 1. The van der Waals surface area contributed by atoms with Crippen LogP contribution in [0.2, 0.25) is 0 Å². The first-order valence-electron chi connectivity index (χ1n) is 5.76. The highest BCUT2D eigenvalue weighted by molar-refractivity contribution is 7.16. The van der Waals surface area contributed by atoms with Gasteiger partial charge in [0.15, 0.2) is 0 Å². The average Bonchev–Trinajstić information content (AvgIpc) is 2.69. The van der Waals surface area contributed by atoms with E-state index in [1.54, 1.807) is 6.92 Å². The molecule has 2 aromatic heterocycles. The smallest absolute Gasteiger partial charge is 0.275 e. The Bertz CT molecular complexity index is 592. The summed E-state index contributed by atoms with van der Waals surface area (Å²) in [5, 5.41) is 13.9. The summed E-state index contributed by atoms with van der Waals surface area (Å²) in [6, 6.07) is 1.48. The zero-order valence-electron chi connectivity index (χ0n) is 10.5. The predicted molar refractivity (Wildman–Crippen MR) is 69.9 cm³/mol. The van der Waals surface area contributed by atoms with Crippen LogP contribution in [-0.2, 0) is 6.54 Å². The molecule has 2 aromatic rings. The van der Waals surface area contributed by atoms with Crippen LogP contribution in [0, 0.1) is 6.92 Å². The fourth-order valence-corrected chi connectivity index (χ4v) is 2.70. The second kappa shape index (κ2) is 5.55. The van der Waals surface area contributed by atoms with E-state index >= 15 is 0 Å². The molecule has 0 spiro atoms. The summed E-state index contributed by atoms with van der Waals surface area (Å²) >= 11 is 1.42. The van der Waals surface area contributed by atoms with E-state index in [1.165, 1.54) is 21.9 Å². The van der Waals surface area contributed by atoms with Crippen molar-refractivity contribution in [1.29, 1.82) is 0 Å². The minimum atomic E-state index is -0.141.